The highest BCUT2D eigenvalue weighted by atomic mass is 35.5. The number of hydrogen-bond donors (Lipinski definition) is 1. The molecule has 3 rings (SSSR count). The van der Waals surface area contributed by atoms with Crippen LogP contribution in [0.4, 0.5) is 0 Å². The Hall–Kier alpha value is -0.930. The number of ether oxygens (including phenoxy) is 1. The van der Waals surface area contributed by atoms with Gasteiger partial charge in [-0.3, -0.25) is 0 Å². The van der Waals surface area contributed by atoms with Crippen LogP contribution in [0.5, 0.6) is 5.75 Å². The van der Waals surface area contributed by atoms with Crippen LogP contribution in [0.1, 0.15) is 11.7 Å². The molecule has 0 radical (unpaired) electrons. The quantitative estimate of drug-likeness (QED) is 0.845. The minimum atomic E-state index is -0.0535. The zero-order chi connectivity index (χ0) is 14.8. The van der Waals surface area contributed by atoms with Crippen LogP contribution in [-0.2, 0) is 0 Å². The third-order valence-electron chi connectivity index (χ3n) is 3.59. The number of nitrogens with one attached hydrogen (secondary N) is 1. The van der Waals surface area contributed by atoms with Crippen molar-refractivity contribution in [1.82, 2.24) is 5.32 Å². The molecule has 5 heteroatoms. The van der Waals surface area contributed by atoms with E-state index in [0.29, 0.717) is 21.0 Å². The Kier molecular flexibility index (Phi) is 4.60. The summed E-state index contributed by atoms with van der Waals surface area (Å²) in [6.07, 6.45) is -0.0535. The lowest BCUT2D eigenvalue weighted by Crippen LogP contribution is -2.46. The van der Waals surface area contributed by atoms with E-state index in [1.165, 1.54) is 0 Å². The molecule has 1 unspecified atom stereocenters. The minimum Gasteiger partial charge on any atom is -0.485 e. The second-order valence-electron chi connectivity index (χ2n) is 5.08. The van der Waals surface area contributed by atoms with Crippen LogP contribution in [0.2, 0.25) is 15.1 Å². The van der Waals surface area contributed by atoms with Gasteiger partial charge in [0.2, 0.25) is 0 Å². The first-order valence-electron chi connectivity index (χ1n) is 6.71. The minimum absolute atomic E-state index is 0.0535. The summed E-state index contributed by atoms with van der Waals surface area (Å²) >= 11 is 18.0. The number of halogens is 3. The SMILES string of the molecule is Clc1ccc(OC(c2ccc(Cl)c(Cl)c2)C2CNC2)cc1. The first-order valence-corrected chi connectivity index (χ1v) is 7.85. The topological polar surface area (TPSA) is 21.3 Å². The molecule has 2 aromatic rings. The fourth-order valence-corrected chi connectivity index (χ4v) is 2.74. The van der Waals surface area contributed by atoms with Crippen molar-refractivity contribution in [1.29, 1.82) is 0 Å². The van der Waals surface area contributed by atoms with Crippen LogP contribution in [0.25, 0.3) is 0 Å². The molecule has 1 aliphatic rings. The van der Waals surface area contributed by atoms with Crippen molar-refractivity contribution >= 4 is 34.8 Å². The Morgan fingerprint density at radius 1 is 0.952 bits per heavy atom. The van der Waals surface area contributed by atoms with Crippen molar-refractivity contribution < 1.29 is 4.74 Å². The molecule has 1 atom stereocenters. The predicted molar refractivity (Wildman–Crippen MR) is 87.6 cm³/mol. The highest BCUT2D eigenvalue weighted by Gasteiger charge is 2.30. The summed E-state index contributed by atoms with van der Waals surface area (Å²) in [5.74, 6) is 1.21. The highest BCUT2D eigenvalue weighted by Crippen LogP contribution is 2.34. The van der Waals surface area contributed by atoms with E-state index in [-0.39, 0.29) is 6.10 Å². The smallest absolute Gasteiger partial charge is 0.129 e. The summed E-state index contributed by atoms with van der Waals surface area (Å²) in [5.41, 5.74) is 1.03. The van der Waals surface area contributed by atoms with E-state index in [1.807, 2.05) is 42.5 Å². The lowest BCUT2D eigenvalue weighted by atomic mass is 9.91. The van der Waals surface area contributed by atoms with Gasteiger partial charge in [-0.2, -0.15) is 0 Å². The molecule has 21 heavy (non-hydrogen) atoms. The molecule has 1 aliphatic heterocycles. The van der Waals surface area contributed by atoms with Gasteiger partial charge in [0.05, 0.1) is 10.0 Å². The Morgan fingerprint density at radius 3 is 2.24 bits per heavy atom. The van der Waals surface area contributed by atoms with Gasteiger partial charge in [-0.15, -0.1) is 0 Å². The summed E-state index contributed by atoms with van der Waals surface area (Å²) in [6, 6.07) is 13.0. The number of benzene rings is 2. The van der Waals surface area contributed by atoms with Crippen LogP contribution in [0.3, 0.4) is 0 Å². The van der Waals surface area contributed by atoms with E-state index < -0.39 is 0 Å². The molecule has 110 valence electrons. The maximum atomic E-state index is 6.15. The summed E-state index contributed by atoms with van der Waals surface area (Å²) in [7, 11) is 0. The van der Waals surface area contributed by atoms with Crippen LogP contribution in [0, 0.1) is 5.92 Å². The van der Waals surface area contributed by atoms with Crippen molar-refractivity contribution in [3.63, 3.8) is 0 Å². The average Bonchev–Trinajstić information content (AvgIpc) is 2.41. The molecule has 1 saturated heterocycles. The molecular weight excluding hydrogens is 329 g/mol. The van der Waals surface area contributed by atoms with Crippen LogP contribution < -0.4 is 10.1 Å². The maximum absolute atomic E-state index is 6.15. The van der Waals surface area contributed by atoms with Gasteiger partial charge in [0.25, 0.3) is 0 Å². The van der Waals surface area contributed by atoms with E-state index in [9.17, 15) is 0 Å². The van der Waals surface area contributed by atoms with Crippen molar-refractivity contribution in [2.45, 2.75) is 6.10 Å². The molecule has 1 N–H and O–H groups in total. The summed E-state index contributed by atoms with van der Waals surface area (Å²) in [4.78, 5) is 0. The molecular formula is C16H14Cl3NO. The number of rotatable bonds is 4. The maximum Gasteiger partial charge on any atom is 0.129 e. The largest absolute Gasteiger partial charge is 0.485 e. The molecule has 2 nitrogen and oxygen atoms in total. The standard InChI is InChI=1S/C16H14Cl3NO/c17-12-2-4-13(5-3-12)21-16(11-8-20-9-11)10-1-6-14(18)15(19)7-10/h1-7,11,16,20H,8-9H2. The fraction of sp³-hybridized carbons (Fsp3) is 0.250. The van der Waals surface area contributed by atoms with Gasteiger partial charge in [0, 0.05) is 24.0 Å². The van der Waals surface area contributed by atoms with E-state index in [4.69, 9.17) is 39.5 Å². The molecule has 1 heterocycles. The molecule has 1 fully saturated rings. The van der Waals surface area contributed by atoms with Gasteiger partial charge in [0.1, 0.15) is 11.9 Å². The van der Waals surface area contributed by atoms with Gasteiger partial charge in [-0.1, -0.05) is 40.9 Å². The molecule has 0 amide bonds. The first-order chi connectivity index (χ1) is 10.1. The molecule has 0 spiro atoms. The van der Waals surface area contributed by atoms with E-state index >= 15 is 0 Å². The van der Waals surface area contributed by atoms with E-state index in [0.717, 1.165) is 24.4 Å². The van der Waals surface area contributed by atoms with Gasteiger partial charge in [-0.05, 0) is 42.0 Å². The zero-order valence-corrected chi connectivity index (χ0v) is 13.4. The normalized spacial score (nSPS) is 16.3. The predicted octanol–water partition coefficient (Wildman–Crippen LogP) is 4.99. The van der Waals surface area contributed by atoms with Gasteiger partial charge in [-0.25, -0.2) is 0 Å². The second kappa shape index (κ2) is 6.45. The van der Waals surface area contributed by atoms with Crippen molar-refractivity contribution in [3.05, 3.63) is 63.1 Å². The molecule has 0 aliphatic carbocycles. The highest BCUT2D eigenvalue weighted by molar-refractivity contribution is 6.42. The van der Waals surface area contributed by atoms with Crippen molar-refractivity contribution in [2.75, 3.05) is 13.1 Å². The number of hydrogen-bond acceptors (Lipinski definition) is 2. The van der Waals surface area contributed by atoms with Crippen LogP contribution in [0.15, 0.2) is 42.5 Å². The molecule has 0 saturated carbocycles. The summed E-state index contributed by atoms with van der Waals surface area (Å²) in [6.45, 7) is 1.86. The monoisotopic (exact) mass is 341 g/mol. The van der Waals surface area contributed by atoms with Gasteiger partial charge >= 0.3 is 0 Å². The lowest BCUT2D eigenvalue weighted by Gasteiger charge is -2.35. The second-order valence-corrected chi connectivity index (χ2v) is 6.34. The van der Waals surface area contributed by atoms with Crippen LogP contribution >= 0.6 is 34.8 Å². The molecule has 0 bridgehead atoms. The van der Waals surface area contributed by atoms with Gasteiger partial charge in [0.15, 0.2) is 0 Å². The summed E-state index contributed by atoms with van der Waals surface area (Å²) in [5, 5.41) is 5.07. The zero-order valence-electron chi connectivity index (χ0n) is 11.2. The Morgan fingerprint density at radius 2 is 1.67 bits per heavy atom. The van der Waals surface area contributed by atoms with Crippen LogP contribution in [-0.4, -0.2) is 13.1 Å². The first kappa shape index (κ1) is 15.0. The Balaban J connectivity index is 1.86. The molecule has 0 aromatic heterocycles. The Labute approximate surface area is 139 Å². The lowest BCUT2D eigenvalue weighted by molar-refractivity contribution is 0.0993. The van der Waals surface area contributed by atoms with E-state index in [2.05, 4.69) is 5.32 Å². The average molecular weight is 343 g/mol. The van der Waals surface area contributed by atoms with E-state index in [1.54, 1.807) is 0 Å². The third kappa shape index (κ3) is 3.46. The van der Waals surface area contributed by atoms with Crippen molar-refractivity contribution in [2.24, 2.45) is 5.92 Å². The van der Waals surface area contributed by atoms with Crippen molar-refractivity contribution in [3.8, 4) is 5.75 Å². The third-order valence-corrected chi connectivity index (χ3v) is 4.58. The Bertz CT molecular complexity index is 626. The summed E-state index contributed by atoms with van der Waals surface area (Å²) < 4.78 is 6.15. The van der Waals surface area contributed by atoms with Gasteiger partial charge < -0.3 is 10.1 Å². The molecule has 2 aromatic carbocycles. The fourth-order valence-electron chi connectivity index (χ4n) is 2.31.